The summed E-state index contributed by atoms with van der Waals surface area (Å²) in [6.07, 6.45) is 29.3. The van der Waals surface area contributed by atoms with Gasteiger partial charge in [-0.1, -0.05) is 174 Å². The summed E-state index contributed by atoms with van der Waals surface area (Å²) in [6.45, 7) is 5.83. The second kappa shape index (κ2) is 30.6. The topological polar surface area (TPSA) is 119 Å². The number of aliphatic hydroxyl groups excluding tert-OH is 3. The number of carbonyl (C=O) groups is 2. The molecule has 0 aromatic carbocycles. The Kier molecular flexibility index (Phi) is 28.6. The highest BCUT2D eigenvalue weighted by molar-refractivity contribution is 5.77. The van der Waals surface area contributed by atoms with Crippen LogP contribution in [0, 0.1) is 0 Å². The third-order valence-corrected chi connectivity index (χ3v) is 10.1. The largest absolute Gasteiger partial charge is 0.394 e. The van der Waals surface area contributed by atoms with Gasteiger partial charge in [0.25, 0.3) is 0 Å². The quantitative estimate of drug-likeness (QED) is 0.0527. The summed E-state index contributed by atoms with van der Waals surface area (Å²) in [6, 6.07) is -0.970. The molecular weight excluding hydrogens is 604 g/mol. The normalized spacial score (nSPS) is 21.0. The number of nitrogens with zero attached hydrogens (tertiary/aromatic N) is 1. The summed E-state index contributed by atoms with van der Waals surface area (Å²) < 4.78 is 6.03. The molecule has 0 spiro atoms. The van der Waals surface area contributed by atoms with E-state index in [0.717, 1.165) is 38.5 Å². The van der Waals surface area contributed by atoms with Crippen molar-refractivity contribution in [1.82, 2.24) is 10.2 Å². The zero-order valence-corrected chi connectivity index (χ0v) is 31.6. The van der Waals surface area contributed by atoms with Gasteiger partial charge in [-0.2, -0.15) is 0 Å². The highest BCUT2D eigenvalue weighted by Gasteiger charge is 2.47. The van der Waals surface area contributed by atoms with Gasteiger partial charge in [-0.15, -0.1) is 0 Å². The predicted molar refractivity (Wildman–Crippen MR) is 198 cm³/mol. The van der Waals surface area contributed by atoms with Crippen molar-refractivity contribution in [2.45, 2.75) is 231 Å². The van der Waals surface area contributed by atoms with E-state index >= 15 is 0 Å². The number of hydrogen-bond acceptors (Lipinski definition) is 6. The van der Waals surface area contributed by atoms with E-state index in [1.165, 1.54) is 142 Å². The van der Waals surface area contributed by atoms with Gasteiger partial charge in [-0.05, 0) is 12.8 Å². The number of carbonyl (C=O) groups excluding carboxylic acids is 2. The summed E-state index contributed by atoms with van der Waals surface area (Å²) in [5.41, 5.74) is 0. The highest BCUT2D eigenvalue weighted by Crippen LogP contribution is 2.26. The van der Waals surface area contributed by atoms with Gasteiger partial charge in [-0.3, -0.25) is 9.59 Å². The molecule has 0 aromatic rings. The minimum atomic E-state index is -1.36. The van der Waals surface area contributed by atoms with Crippen molar-refractivity contribution in [3.8, 4) is 0 Å². The molecule has 1 heterocycles. The maximum atomic E-state index is 13.6. The molecule has 8 nitrogen and oxygen atoms in total. The monoisotopic (exact) mass is 683 g/mol. The fraction of sp³-hybridized carbons (Fsp3) is 0.950. The zero-order chi connectivity index (χ0) is 35.2. The van der Waals surface area contributed by atoms with E-state index in [2.05, 4.69) is 19.2 Å². The summed E-state index contributed by atoms with van der Waals surface area (Å²) in [5.74, 6) is -0.435. The summed E-state index contributed by atoms with van der Waals surface area (Å²) in [4.78, 5) is 27.3. The standard InChI is InChI=1S/C40H78N2O6/c1-4-6-8-10-12-14-16-17-18-19-20-22-24-26-28-30-32-42(36(45)31-29-27-25-23-21-15-13-11-9-7-5-2)40-37(41-34(3)44)39(47)38(46)35(33-43)48-40/h35,37-40,43,46-47H,4-33H2,1-3H3,(H,41,44)/t35-,37-,38-,39-,40-/m1/s1. The molecule has 4 N–H and O–H groups in total. The van der Waals surface area contributed by atoms with Crippen molar-refractivity contribution >= 4 is 11.8 Å². The first-order chi connectivity index (χ1) is 23.4. The lowest BCUT2D eigenvalue weighted by Crippen LogP contribution is -2.68. The van der Waals surface area contributed by atoms with E-state index < -0.39 is 37.2 Å². The third-order valence-electron chi connectivity index (χ3n) is 10.1. The smallest absolute Gasteiger partial charge is 0.224 e. The lowest BCUT2D eigenvalue weighted by atomic mass is 9.94. The number of amides is 2. The van der Waals surface area contributed by atoms with E-state index in [1.807, 2.05) is 0 Å². The number of hydrogen-bond donors (Lipinski definition) is 4. The van der Waals surface area contributed by atoms with Gasteiger partial charge in [0.2, 0.25) is 11.8 Å². The van der Waals surface area contributed by atoms with Gasteiger partial charge in [-0.25, -0.2) is 0 Å². The minimum Gasteiger partial charge on any atom is -0.394 e. The van der Waals surface area contributed by atoms with Gasteiger partial charge in [0, 0.05) is 19.9 Å². The van der Waals surface area contributed by atoms with Crippen LogP contribution in [-0.4, -0.2) is 75.8 Å². The molecule has 0 aromatic heterocycles. The second-order valence-electron chi connectivity index (χ2n) is 14.6. The van der Waals surface area contributed by atoms with E-state index in [-0.39, 0.29) is 11.8 Å². The van der Waals surface area contributed by atoms with Crippen LogP contribution < -0.4 is 5.32 Å². The van der Waals surface area contributed by atoms with E-state index in [1.54, 1.807) is 4.90 Å². The molecule has 0 saturated carbocycles. The molecule has 0 bridgehead atoms. The lowest BCUT2D eigenvalue weighted by Gasteiger charge is -2.46. The van der Waals surface area contributed by atoms with Crippen LogP contribution in [-0.2, 0) is 14.3 Å². The number of rotatable bonds is 32. The van der Waals surface area contributed by atoms with Gasteiger partial charge in [0.05, 0.1) is 6.61 Å². The molecule has 1 aliphatic rings. The summed E-state index contributed by atoms with van der Waals surface area (Å²) >= 11 is 0. The molecule has 2 amide bonds. The van der Waals surface area contributed by atoms with Gasteiger partial charge < -0.3 is 30.3 Å². The van der Waals surface area contributed by atoms with Crippen molar-refractivity contribution in [3.05, 3.63) is 0 Å². The fourth-order valence-corrected chi connectivity index (χ4v) is 7.06. The van der Waals surface area contributed by atoms with Crippen molar-refractivity contribution < 1.29 is 29.6 Å². The molecule has 1 fully saturated rings. The third kappa shape index (κ3) is 21.1. The summed E-state index contributed by atoms with van der Waals surface area (Å²) in [5, 5.41) is 33.9. The van der Waals surface area contributed by atoms with Gasteiger partial charge in [0.15, 0.2) is 6.23 Å². The van der Waals surface area contributed by atoms with E-state index in [4.69, 9.17) is 4.74 Å². The fourth-order valence-electron chi connectivity index (χ4n) is 7.06. The zero-order valence-electron chi connectivity index (χ0n) is 31.6. The van der Waals surface area contributed by atoms with Crippen molar-refractivity contribution in [2.75, 3.05) is 13.2 Å². The Hall–Kier alpha value is -1.22. The van der Waals surface area contributed by atoms with Crippen LogP contribution in [0.1, 0.15) is 201 Å². The number of aliphatic hydroxyl groups is 3. The molecule has 1 rings (SSSR count). The second-order valence-corrected chi connectivity index (χ2v) is 14.6. The Labute approximate surface area is 295 Å². The molecule has 48 heavy (non-hydrogen) atoms. The molecule has 8 heteroatoms. The molecule has 284 valence electrons. The van der Waals surface area contributed by atoms with Crippen molar-refractivity contribution in [2.24, 2.45) is 0 Å². The molecule has 5 atom stereocenters. The van der Waals surface area contributed by atoms with E-state index in [9.17, 15) is 24.9 Å². The molecule has 0 radical (unpaired) electrons. The molecule has 0 unspecified atom stereocenters. The van der Waals surface area contributed by atoms with Crippen LogP contribution in [0.3, 0.4) is 0 Å². The average molecular weight is 683 g/mol. The van der Waals surface area contributed by atoms with Crippen LogP contribution in [0.15, 0.2) is 0 Å². The molecule has 0 aliphatic carbocycles. The van der Waals surface area contributed by atoms with Crippen LogP contribution in [0.25, 0.3) is 0 Å². The van der Waals surface area contributed by atoms with Crippen LogP contribution in [0.2, 0.25) is 0 Å². The summed E-state index contributed by atoms with van der Waals surface area (Å²) in [7, 11) is 0. The Balaban J connectivity index is 2.49. The van der Waals surface area contributed by atoms with E-state index in [0.29, 0.717) is 13.0 Å². The van der Waals surface area contributed by atoms with Crippen molar-refractivity contribution in [1.29, 1.82) is 0 Å². The number of nitrogens with one attached hydrogen (secondary N) is 1. The Bertz CT molecular complexity index is 768. The first kappa shape index (κ1) is 44.8. The minimum absolute atomic E-state index is 0.0625. The van der Waals surface area contributed by atoms with Gasteiger partial charge >= 0.3 is 0 Å². The maximum absolute atomic E-state index is 13.6. The Morgan fingerprint density at radius 3 is 1.33 bits per heavy atom. The maximum Gasteiger partial charge on any atom is 0.224 e. The molecular formula is C40H78N2O6. The average Bonchev–Trinajstić information content (AvgIpc) is 3.07. The molecule has 1 saturated heterocycles. The van der Waals surface area contributed by atoms with Crippen molar-refractivity contribution in [3.63, 3.8) is 0 Å². The van der Waals surface area contributed by atoms with Crippen LogP contribution in [0.4, 0.5) is 0 Å². The first-order valence-electron chi connectivity index (χ1n) is 20.6. The number of unbranched alkanes of at least 4 members (excludes halogenated alkanes) is 25. The Morgan fingerprint density at radius 2 is 0.958 bits per heavy atom. The van der Waals surface area contributed by atoms with Crippen LogP contribution >= 0.6 is 0 Å². The van der Waals surface area contributed by atoms with Crippen LogP contribution in [0.5, 0.6) is 0 Å². The highest BCUT2D eigenvalue weighted by atomic mass is 16.5. The molecule has 1 aliphatic heterocycles. The number of ether oxygens (including phenoxy) is 1. The Morgan fingerprint density at radius 1 is 0.583 bits per heavy atom. The lowest BCUT2D eigenvalue weighted by molar-refractivity contribution is -0.231. The van der Waals surface area contributed by atoms with Gasteiger partial charge in [0.1, 0.15) is 24.4 Å². The SMILES string of the molecule is CCCCCCCCCCCCCCCCCCN(C(=O)CCCCCCCCCCCCC)[C@@H]1O[C@H](CO)[C@@H](O)[C@H](O)[C@H]1NC(C)=O. The first-order valence-corrected chi connectivity index (χ1v) is 20.6. The predicted octanol–water partition coefficient (Wildman–Crippen LogP) is 8.72.